The molecule has 5 heterocycles. The highest BCUT2D eigenvalue weighted by molar-refractivity contribution is 6.08. The molecule has 8 bridgehead atoms. The number of H-pyrrole nitrogens is 2. The van der Waals surface area contributed by atoms with Crippen LogP contribution in [0.2, 0.25) is 0 Å². The Morgan fingerprint density at radius 3 is 0.534 bits per heavy atom. The van der Waals surface area contributed by atoms with Gasteiger partial charge in [-0.1, -0.05) is 94.7 Å². The van der Waals surface area contributed by atoms with Gasteiger partial charge in [0.25, 0.3) is 0 Å². The van der Waals surface area contributed by atoms with Gasteiger partial charge in [-0.3, -0.25) is 0 Å². The molecule has 0 radical (unpaired) electrons. The van der Waals surface area contributed by atoms with Crippen LogP contribution in [-0.2, 0) is 0 Å². The van der Waals surface area contributed by atoms with Gasteiger partial charge in [-0.15, -0.1) is 0 Å². The summed E-state index contributed by atoms with van der Waals surface area (Å²) in [4.78, 5) is 38.3. The van der Waals surface area contributed by atoms with E-state index in [2.05, 4.69) is 105 Å². The molecule has 3 aromatic heterocycles. The molecule has 0 amide bonds. The number of aliphatic hydroxyl groups is 8. The summed E-state index contributed by atoms with van der Waals surface area (Å²) >= 11 is 0. The summed E-state index contributed by atoms with van der Waals surface area (Å²) in [7, 11) is 0. The van der Waals surface area contributed by atoms with Crippen LogP contribution in [0.3, 0.4) is 0 Å². The van der Waals surface area contributed by atoms with Crippen molar-refractivity contribution in [3.8, 4) is 140 Å². The SMILES string of the molecule is CC(C)(O)C#Cc1cc2c(cc1C#CC(C)(C)O)-c1nc-2nc2[nH]c(nc3nc(nc4[nH]c(n1)c1cc(C#CC(C)(C)O)c(C#CC(C)(C)O)cc41)-c1cc(C#CC(C)(C)O)c(C#CC(C)(C)O)cc1-3)c1cc(C#CC(C)(C)O)c(C#CC(C)(C)O)cc21. The van der Waals surface area contributed by atoms with Crippen molar-refractivity contribution in [1.29, 1.82) is 0 Å². The molecule has 2 aliphatic heterocycles. The first-order chi connectivity index (χ1) is 40.5. The molecule has 0 aliphatic carbocycles. The third kappa shape index (κ3) is 15.7. The molecule has 88 heavy (non-hydrogen) atoms. The third-order valence-electron chi connectivity index (χ3n) is 12.4. The lowest BCUT2D eigenvalue weighted by atomic mass is 9.97. The van der Waals surface area contributed by atoms with E-state index < -0.39 is 44.8 Å². The Labute approximate surface area is 511 Å². The summed E-state index contributed by atoms with van der Waals surface area (Å²) in [5.74, 6) is 48.5. The standard InChI is InChI=1S/C72H66N8O8/c1-65(2,81)25-17-41-33-49-50(34-42(41)18-26-66(3,4)82)58-73-57(49)77-59-51-35-43(19-27-67(5,6)83)44(20-28-68(7,8)84)36-52(51)61(74-59)79-63-55-39-47(23-31-71(13,14)87)48(24-32-72(15,16)88)40-56(55)64(76-63)80-62-54-38-46(22-30-70(11,12)86)45(21-29-69(9,10)85)37-53(54)60(75-62)78-58/h33-40,81-88H,1-16H3,(H2,73,74,75,76,77,78,79,80). The van der Waals surface area contributed by atoms with Crippen LogP contribution in [0.5, 0.6) is 0 Å². The summed E-state index contributed by atoms with van der Waals surface area (Å²) in [6.07, 6.45) is 0. The van der Waals surface area contributed by atoms with Gasteiger partial charge in [-0.05, 0) is 159 Å². The Hall–Kier alpha value is -9.60. The van der Waals surface area contributed by atoms with E-state index in [0.29, 0.717) is 88.3 Å². The number of aromatic amines is 2. The van der Waals surface area contributed by atoms with Crippen LogP contribution in [0, 0.1) is 94.7 Å². The minimum atomic E-state index is -1.42. The van der Waals surface area contributed by atoms with E-state index in [4.69, 9.17) is 29.9 Å². The van der Waals surface area contributed by atoms with Crippen molar-refractivity contribution in [3.63, 3.8) is 0 Å². The molecule has 442 valence electrons. The zero-order valence-electron chi connectivity index (χ0n) is 51.9. The fourth-order valence-corrected chi connectivity index (χ4v) is 8.56. The van der Waals surface area contributed by atoms with Gasteiger partial charge in [0.15, 0.2) is 23.3 Å². The van der Waals surface area contributed by atoms with Gasteiger partial charge in [0.05, 0.1) is 0 Å². The van der Waals surface area contributed by atoms with E-state index in [-0.39, 0.29) is 45.9 Å². The lowest BCUT2D eigenvalue weighted by molar-refractivity contribution is 0.143. The Morgan fingerprint density at radius 2 is 0.386 bits per heavy atom. The van der Waals surface area contributed by atoms with Crippen LogP contribution >= 0.6 is 0 Å². The predicted octanol–water partition coefficient (Wildman–Crippen LogP) is 7.85. The molecule has 16 nitrogen and oxygen atoms in total. The molecule has 0 atom stereocenters. The smallest absolute Gasteiger partial charge is 0.164 e. The highest BCUT2D eigenvalue weighted by Gasteiger charge is 2.27. The average molecular weight is 1170 g/mol. The van der Waals surface area contributed by atoms with E-state index in [0.717, 1.165) is 0 Å². The minimum Gasteiger partial charge on any atom is -0.378 e. The van der Waals surface area contributed by atoms with E-state index in [1.54, 1.807) is 159 Å². The van der Waals surface area contributed by atoms with Gasteiger partial charge in [-0.25, -0.2) is 29.9 Å². The molecule has 0 unspecified atom stereocenters. The first kappa shape index (κ1) is 62.9. The van der Waals surface area contributed by atoms with E-state index >= 15 is 0 Å². The lowest BCUT2D eigenvalue weighted by Gasteiger charge is -2.09. The summed E-state index contributed by atoms with van der Waals surface area (Å²) in [5, 5.41) is 88.9. The largest absolute Gasteiger partial charge is 0.378 e. The number of rotatable bonds is 0. The molecule has 0 fully saturated rings. The first-order valence-electron chi connectivity index (χ1n) is 28.1. The van der Waals surface area contributed by atoms with E-state index in [1.807, 2.05) is 0 Å². The topological polar surface area (TPSA) is 271 Å². The molecular weight excluding hydrogens is 1100 g/mol. The number of nitrogens with zero attached hydrogens (tertiary/aromatic N) is 6. The van der Waals surface area contributed by atoms with Gasteiger partial charge in [0.2, 0.25) is 0 Å². The number of aromatic nitrogens is 8. The van der Waals surface area contributed by atoms with E-state index in [1.165, 1.54) is 0 Å². The summed E-state index contributed by atoms with van der Waals surface area (Å²) < 4.78 is 0. The fourth-order valence-electron chi connectivity index (χ4n) is 8.56. The Bertz CT molecular complexity index is 4270. The minimum absolute atomic E-state index is 0.148. The maximum absolute atomic E-state index is 10.9. The second-order valence-electron chi connectivity index (χ2n) is 25.9. The van der Waals surface area contributed by atoms with Crippen molar-refractivity contribution in [2.45, 2.75) is 156 Å². The molecule has 10 N–H and O–H groups in total. The number of benzene rings is 4. The van der Waals surface area contributed by atoms with Crippen LogP contribution in [0.1, 0.15) is 155 Å². The number of nitrogens with one attached hydrogen (secondary N) is 2. The van der Waals surface area contributed by atoms with Crippen molar-refractivity contribution < 1.29 is 40.9 Å². The quantitative estimate of drug-likeness (QED) is 0.0648. The van der Waals surface area contributed by atoms with Crippen LogP contribution < -0.4 is 0 Å². The summed E-state index contributed by atoms with van der Waals surface area (Å²) in [6.45, 7) is 24.9. The first-order valence-corrected chi connectivity index (χ1v) is 28.1. The summed E-state index contributed by atoms with van der Waals surface area (Å²) in [6, 6.07) is 14.0. The Kier molecular flexibility index (Phi) is 15.9. The van der Waals surface area contributed by atoms with Crippen LogP contribution in [0.4, 0.5) is 0 Å². The molecule has 2 aliphatic rings. The van der Waals surface area contributed by atoms with Crippen LogP contribution in [0.25, 0.3) is 89.7 Å². The van der Waals surface area contributed by atoms with Crippen molar-refractivity contribution >= 4 is 44.1 Å². The van der Waals surface area contributed by atoms with Gasteiger partial charge < -0.3 is 50.8 Å². The van der Waals surface area contributed by atoms with E-state index in [9.17, 15) is 40.9 Å². The Morgan fingerprint density at radius 1 is 0.239 bits per heavy atom. The molecule has 9 rings (SSSR count). The summed E-state index contributed by atoms with van der Waals surface area (Å²) in [5.41, 5.74) is -5.54. The lowest BCUT2D eigenvalue weighted by Crippen LogP contribution is -2.15. The van der Waals surface area contributed by atoms with Gasteiger partial charge in [0.1, 0.15) is 67.4 Å². The maximum Gasteiger partial charge on any atom is 0.164 e. The molecule has 0 saturated heterocycles. The third-order valence-corrected chi connectivity index (χ3v) is 12.4. The molecule has 0 saturated carbocycles. The molecule has 0 spiro atoms. The zero-order chi connectivity index (χ0) is 64.5. The molecule has 16 heteroatoms. The normalized spacial score (nSPS) is 12.3. The number of hydrogen-bond acceptors (Lipinski definition) is 14. The second kappa shape index (κ2) is 22.3. The number of fused-ring (bicyclic) bond motifs is 20. The molecule has 7 aromatic rings. The second-order valence-corrected chi connectivity index (χ2v) is 25.9. The molecule has 4 aromatic carbocycles. The Balaban J connectivity index is 1.56. The van der Waals surface area contributed by atoms with Crippen molar-refractivity contribution in [3.05, 3.63) is 93.0 Å². The number of hydrogen-bond donors (Lipinski definition) is 10. The van der Waals surface area contributed by atoms with Crippen molar-refractivity contribution in [2.24, 2.45) is 0 Å². The van der Waals surface area contributed by atoms with Crippen LogP contribution in [0.15, 0.2) is 48.5 Å². The van der Waals surface area contributed by atoms with Gasteiger partial charge in [0, 0.05) is 88.3 Å². The van der Waals surface area contributed by atoms with Crippen molar-refractivity contribution in [2.75, 3.05) is 0 Å². The zero-order valence-corrected chi connectivity index (χ0v) is 51.9. The highest BCUT2D eigenvalue weighted by atomic mass is 16.3. The monoisotopic (exact) mass is 1170 g/mol. The fraction of sp³-hybridized carbons (Fsp3) is 0.333. The highest BCUT2D eigenvalue weighted by Crippen LogP contribution is 2.40. The predicted molar refractivity (Wildman–Crippen MR) is 341 cm³/mol. The average Bonchev–Trinajstić information content (AvgIpc) is 1.99. The van der Waals surface area contributed by atoms with Gasteiger partial charge >= 0.3 is 0 Å². The van der Waals surface area contributed by atoms with Gasteiger partial charge in [-0.2, -0.15) is 0 Å². The molecular formula is C72H66N8O8. The van der Waals surface area contributed by atoms with Crippen LogP contribution in [-0.4, -0.2) is 126 Å². The maximum atomic E-state index is 10.9. The van der Waals surface area contributed by atoms with Crippen molar-refractivity contribution in [1.82, 2.24) is 39.9 Å².